The lowest BCUT2D eigenvalue weighted by molar-refractivity contribution is -0.140. The molecule has 0 saturated carbocycles. The first-order chi connectivity index (χ1) is 13.7. The maximum Gasteiger partial charge on any atom is 0.242 e. The highest BCUT2D eigenvalue weighted by molar-refractivity contribution is 5.88. The molecule has 0 saturated heterocycles. The minimum atomic E-state index is -0.535. The molecule has 0 aliphatic heterocycles. The molecule has 0 radical (unpaired) electrons. The molecule has 1 atom stereocenters. The van der Waals surface area contributed by atoms with Gasteiger partial charge in [-0.25, -0.2) is 0 Å². The fourth-order valence-electron chi connectivity index (χ4n) is 3.20. The number of carbonyl (C=O) groups is 2. The lowest BCUT2D eigenvalue weighted by atomic mass is 10.0. The third-order valence-corrected chi connectivity index (χ3v) is 5.38. The van der Waals surface area contributed by atoms with Gasteiger partial charge in [-0.05, 0) is 61.4 Å². The van der Waals surface area contributed by atoms with Crippen LogP contribution in [0.25, 0.3) is 0 Å². The Labute approximate surface area is 175 Å². The summed E-state index contributed by atoms with van der Waals surface area (Å²) in [6.07, 6.45) is 0.287. The average Bonchev–Trinajstić information content (AvgIpc) is 2.67. The second-order valence-electron chi connectivity index (χ2n) is 8.36. The van der Waals surface area contributed by atoms with Crippen LogP contribution in [0.1, 0.15) is 48.6 Å². The van der Waals surface area contributed by atoms with Crippen LogP contribution in [-0.2, 0) is 22.6 Å². The van der Waals surface area contributed by atoms with Crippen LogP contribution in [0.15, 0.2) is 42.5 Å². The third kappa shape index (κ3) is 6.45. The molecule has 29 heavy (non-hydrogen) atoms. The summed E-state index contributed by atoms with van der Waals surface area (Å²) in [5.74, 6) is 0.214. The van der Waals surface area contributed by atoms with Gasteiger partial charge in [-0.2, -0.15) is 0 Å². The molecule has 2 aromatic carbocycles. The lowest BCUT2D eigenvalue weighted by Crippen LogP contribution is -2.48. The summed E-state index contributed by atoms with van der Waals surface area (Å²) >= 11 is 0. The van der Waals surface area contributed by atoms with Gasteiger partial charge in [0.25, 0.3) is 0 Å². The number of aryl methyl sites for hydroxylation is 3. The molecule has 2 aromatic rings. The SMILES string of the molecule is Cc1ccc(CC(=O)N(Cc2ccccc2C)C(C)C(=O)NCC(C)C)cc1C. The number of benzene rings is 2. The van der Waals surface area contributed by atoms with Crippen LogP contribution in [0.4, 0.5) is 0 Å². The molecule has 0 spiro atoms. The van der Waals surface area contributed by atoms with Crippen molar-refractivity contribution >= 4 is 11.8 Å². The molecule has 1 unspecified atom stereocenters. The highest BCUT2D eigenvalue weighted by atomic mass is 16.2. The largest absolute Gasteiger partial charge is 0.354 e. The Kier molecular flexibility index (Phi) is 8.00. The summed E-state index contributed by atoms with van der Waals surface area (Å²) in [7, 11) is 0. The molecule has 0 fully saturated rings. The fourth-order valence-corrected chi connectivity index (χ4v) is 3.20. The van der Waals surface area contributed by atoms with E-state index < -0.39 is 6.04 Å². The van der Waals surface area contributed by atoms with Crippen molar-refractivity contribution in [1.82, 2.24) is 10.2 Å². The van der Waals surface area contributed by atoms with E-state index in [1.165, 1.54) is 11.1 Å². The van der Waals surface area contributed by atoms with Crippen LogP contribution in [0.5, 0.6) is 0 Å². The Hall–Kier alpha value is -2.62. The monoisotopic (exact) mass is 394 g/mol. The minimum absolute atomic E-state index is 0.0382. The van der Waals surface area contributed by atoms with Crippen LogP contribution in [-0.4, -0.2) is 29.3 Å². The highest BCUT2D eigenvalue weighted by Crippen LogP contribution is 2.17. The van der Waals surface area contributed by atoms with E-state index in [4.69, 9.17) is 0 Å². The zero-order chi connectivity index (χ0) is 21.6. The standard InChI is InChI=1S/C25H34N2O2/c1-17(2)15-26-25(29)21(6)27(16-23-10-8-7-9-19(23)4)24(28)14-22-12-11-18(3)20(5)13-22/h7-13,17,21H,14-16H2,1-6H3,(H,26,29). The third-order valence-electron chi connectivity index (χ3n) is 5.38. The summed E-state index contributed by atoms with van der Waals surface area (Å²) in [4.78, 5) is 27.7. The summed E-state index contributed by atoms with van der Waals surface area (Å²) < 4.78 is 0. The van der Waals surface area contributed by atoms with Crippen LogP contribution in [0, 0.1) is 26.7 Å². The zero-order valence-corrected chi connectivity index (χ0v) is 18.6. The van der Waals surface area contributed by atoms with Gasteiger partial charge in [-0.15, -0.1) is 0 Å². The molecule has 2 amide bonds. The first-order valence-corrected chi connectivity index (χ1v) is 10.4. The number of carbonyl (C=O) groups excluding carboxylic acids is 2. The van der Waals surface area contributed by atoms with Gasteiger partial charge in [-0.1, -0.05) is 56.3 Å². The van der Waals surface area contributed by atoms with E-state index in [0.29, 0.717) is 19.0 Å². The molecule has 2 rings (SSSR count). The van der Waals surface area contributed by atoms with Gasteiger partial charge < -0.3 is 10.2 Å². The van der Waals surface area contributed by atoms with Crippen LogP contribution in [0.2, 0.25) is 0 Å². The van der Waals surface area contributed by atoms with E-state index in [9.17, 15) is 9.59 Å². The van der Waals surface area contributed by atoms with Crippen molar-refractivity contribution in [3.63, 3.8) is 0 Å². The summed E-state index contributed by atoms with van der Waals surface area (Å²) in [6.45, 7) is 13.1. The Morgan fingerprint density at radius 1 is 0.931 bits per heavy atom. The summed E-state index contributed by atoms with van der Waals surface area (Å²) in [5.41, 5.74) is 5.53. The van der Waals surface area contributed by atoms with Crippen molar-refractivity contribution in [3.8, 4) is 0 Å². The van der Waals surface area contributed by atoms with Crippen molar-refractivity contribution in [2.45, 2.75) is 60.5 Å². The Morgan fingerprint density at radius 2 is 1.62 bits per heavy atom. The zero-order valence-electron chi connectivity index (χ0n) is 18.6. The van der Waals surface area contributed by atoms with Crippen molar-refractivity contribution in [2.24, 2.45) is 5.92 Å². The number of nitrogens with one attached hydrogen (secondary N) is 1. The van der Waals surface area contributed by atoms with Crippen LogP contribution in [0.3, 0.4) is 0 Å². The van der Waals surface area contributed by atoms with Gasteiger partial charge in [0, 0.05) is 13.1 Å². The maximum atomic E-state index is 13.3. The molecule has 0 aromatic heterocycles. The summed E-state index contributed by atoms with van der Waals surface area (Å²) in [5, 5.41) is 2.97. The molecule has 4 nitrogen and oxygen atoms in total. The first-order valence-electron chi connectivity index (χ1n) is 10.4. The lowest BCUT2D eigenvalue weighted by Gasteiger charge is -2.29. The molecule has 156 valence electrons. The van der Waals surface area contributed by atoms with E-state index in [2.05, 4.69) is 39.1 Å². The smallest absolute Gasteiger partial charge is 0.242 e. The van der Waals surface area contributed by atoms with Crippen LogP contribution >= 0.6 is 0 Å². The molecular weight excluding hydrogens is 360 g/mol. The van der Waals surface area contributed by atoms with E-state index in [1.54, 1.807) is 4.90 Å². The molecule has 0 aliphatic carbocycles. The Balaban J connectivity index is 2.24. The summed E-state index contributed by atoms with van der Waals surface area (Å²) in [6, 6.07) is 13.6. The topological polar surface area (TPSA) is 49.4 Å². The minimum Gasteiger partial charge on any atom is -0.354 e. The molecule has 0 heterocycles. The van der Waals surface area contributed by atoms with Gasteiger partial charge in [0.05, 0.1) is 6.42 Å². The van der Waals surface area contributed by atoms with Gasteiger partial charge in [0.15, 0.2) is 0 Å². The van der Waals surface area contributed by atoms with E-state index in [1.807, 2.05) is 50.2 Å². The van der Waals surface area contributed by atoms with Gasteiger partial charge in [0.2, 0.25) is 11.8 Å². The van der Waals surface area contributed by atoms with E-state index in [0.717, 1.165) is 16.7 Å². The molecule has 0 bridgehead atoms. The first kappa shape index (κ1) is 22.7. The molecule has 1 N–H and O–H groups in total. The Bertz CT molecular complexity index is 858. The maximum absolute atomic E-state index is 13.3. The number of hydrogen-bond donors (Lipinski definition) is 1. The molecule has 4 heteroatoms. The predicted molar refractivity (Wildman–Crippen MR) is 119 cm³/mol. The van der Waals surface area contributed by atoms with Crippen LogP contribution < -0.4 is 5.32 Å². The van der Waals surface area contributed by atoms with E-state index >= 15 is 0 Å². The number of rotatable bonds is 8. The van der Waals surface area contributed by atoms with Gasteiger partial charge in [-0.3, -0.25) is 9.59 Å². The van der Waals surface area contributed by atoms with E-state index in [-0.39, 0.29) is 18.2 Å². The Morgan fingerprint density at radius 3 is 2.24 bits per heavy atom. The number of nitrogens with zero attached hydrogens (tertiary/aromatic N) is 1. The normalized spacial score (nSPS) is 12.0. The van der Waals surface area contributed by atoms with Crippen molar-refractivity contribution in [1.29, 1.82) is 0 Å². The second kappa shape index (κ2) is 10.2. The number of amides is 2. The van der Waals surface area contributed by atoms with Gasteiger partial charge in [0.1, 0.15) is 6.04 Å². The number of hydrogen-bond acceptors (Lipinski definition) is 2. The quantitative estimate of drug-likeness (QED) is 0.724. The average molecular weight is 395 g/mol. The molecular formula is C25H34N2O2. The van der Waals surface area contributed by atoms with Gasteiger partial charge >= 0.3 is 0 Å². The second-order valence-corrected chi connectivity index (χ2v) is 8.36. The highest BCUT2D eigenvalue weighted by Gasteiger charge is 2.26. The van der Waals surface area contributed by atoms with Crippen molar-refractivity contribution < 1.29 is 9.59 Å². The van der Waals surface area contributed by atoms with Crippen molar-refractivity contribution in [2.75, 3.05) is 6.54 Å². The fraction of sp³-hybridized carbons (Fsp3) is 0.440. The molecule has 0 aliphatic rings. The predicted octanol–water partition coefficient (Wildman–Crippen LogP) is 4.34. The van der Waals surface area contributed by atoms with Crippen molar-refractivity contribution in [3.05, 3.63) is 70.3 Å².